The molecule has 21 heavy (non-hydrogen) atoms. The number of aliphatic carboxylic acids is 1. The fourth-order valence-electron chi connectivity index (χ4n) is 2.91. The number of H-pyrrole nitrogens is 1. The summed E-state index contributed by atoms with van der Waals surface area (Å²) in [6.07, 6.45) is 7.13. The van der Waals surface area contributed by atoms with Crippen LogP contribution in [0.4, 0.5) is 0 Å². The Labute approximate surface area is 123 Å². The Hall–Kier alpha value is -1.92. The third kappa shape index (κ3) is 4.27. The van der Waals surface area contributed by atoms with Crippen LogP contribution in [0.25, 0.3) is 0 Å². The fraction of sp³-hybridized carbons (Fsp3) is 0.714. The highest BCUT2D eigenvalue weighted by atomic mass is 16.4. The molecule has 1 saturated carbocycles. The summed E-state index contributed by atoms with van der Waals surface area (Å²) in [5.74, 6) is -0.327. The number of nitrogens with zero attached hydrogens (tertiary/aromatic N) is 2. The molecule has 1 aromatic heterocycles. The summed E-state index contributed by atoms with van der Waals surface area (Å²) in [7, 11) is 0. The van der Waals surface area contributed by atoms with Crippen molar-refractivity contribution >= 4 is 11.9 Å². The first-order valence-corrected chi connectivity index (χ1v) is 7.47. The van der Waals surface area contributed by atoms with E-state index in [0.717, 1.165) is 25.7 Å². The average molecular weight is 294 g/mol. The second kappa shape index (κ2) is 7.19. The number of aromatic amines is 1. The van der Waals surface area contributed by atoms with Crippen molar-refractivity contribution in [1.29, 1.82) is 0 Å². The topological polar surface area (TPSA) is 108 Å². The Bertz CT molecular complexity index is 465. The fourth-order valence-corrected chi connectivity index (χ4v) is 2.91. The van der Waals surface area contributed by atoms with Crippen molar-refractivity contribution in [2.45, 2.75) is 51.4 Å². The van der Waals surface area contributed by atoms with E-state index in [0.29, 0.717) is 31.6 Å². The van der Waals surface area contributed by atoms with E-state index in [1.807, 2.05) is 0 Å². The maximum atomic E-state index is 12.0. The number of hydrogen-bond donors (Lipinski definition) is 3. The van der Waals surface area contributed by atoms with Gasteiger partial charge >= 0.3 is 5.97 Å². The molecule has 1 fully saturated rings. The van der Waals surface area contributed by atoms with Crippen LogP contribution in [0.5, 0.6) is 0 Å². The smallest absolute Gasteiger partial charge is 0.310 e. The van der Waals surface area contributed by atoms with E-state index < -0.39 is 11.4 Å². The average Bonchev–Trinajstić information content (AvgIpc) is 2.84. The molecule has 0 bridgehead atoms. The molecule has 1 heterocycles. The molecule has 0 aliphatic heterocycles. The van der Waals surface area contributed by atoms with Crippen LogP contribution >= 0.6 is 0 Å². The largest absolute Gasteiger partial charge is 0.481 e. The van der Waals surface area contributed by atoms with Crippen molar-refractivity contribution in [2.24, 2.45) is 5.41 Å². The minimum Gasteiger partial charge on any atom is -0.481 e. The van der Waals surface area contributed by atoms with Gasteiger partial charge in [0.1, 0.15) is 12.2 Å². The minimum absolute atomic E-state index is 0.0682. The number of carbonyl (C=O) groups excluding carboxylic acids is 1. The van der Waals surface area contributed by atoms with Crippen LogP contribution in [0.3, 0.4) is 0 Å². The molecule has 0 atom stereocenters. The molecule has 0 radical (unpaired) electrons. The van der Waals surface area contributed by atoms with Gasteiger partial charge in [0.05, 0.1) is 5.41 Å². The van der Waals surface area contributed by atoms with Crippen LogP contribution in [0.2, 0.25) is 0 Å². The van der Waals surface area contributed by atoms with Crippen molar-refractivity contribution in [1.82, 2.24) is 20.5 Å². The first-order chi connectivity index (χ1) is 10.1. The molecule has 3 N–H and O–H groups in total. The molecule has 0 aromatic carbocycles. The summed E-state index contributed by atoms with van der Waals surface area (Å²) in [5.41, 5.74) is -0.882. The number of carboxylic acids is 1. The molecule has 0 spiro atoms. The number of rotatable bonds is 6. The van der Waals surface area contributed by atoms with Gasteiger partial charge in [-0.15, -0.1) is 0 Å². The molecule has 7 heteroatoms. The molecule has 1 amide bonds. The maximum absolute atomic E-state index is 12.0. The Morgan fingerprint density at radius 1 is 1.29 bits per heavy atom. The molecular weight excluding hydrogens is 272 g/mol. The summed E-state index contributed by atoms with van der Waals surface area (Å²) in [5, 5.41) is 18.8. The van der Waals surface area contributed by atoms with E-state index in [2.05, 4.69) is 20.5 Å². The van der Waals surface area contributed by atoms with Crippen LogP contribution in [0.15, 0.2) is 6.33 Å². The Kier molecular flexibility index (Phi) is 5.30. The van der Waals surface area contributed by atoms with E-state index in [-0.39, 0.29) is 12.3 Å². The van der Waals surface area contributed by atoms with Crippen molar-refractivity contribution < 1.29 is 14.7 Å². The van der Waals surface area contributed by atoms with Gasteiger partial charge in [-0.3, -0.25) is 14.7 Å². The van der Waals surface area contributed by atoms with Crippen molar-refractivity contribution in [2.75, 3.05) is 6.54 Å². The van der Waals surface area contributed by atoms with Gasteiger partial charge in [0.2, 0.25) is 5.91 Å². The zero-order valence-electron chi connectivity index (χ0n) is 12.1. The van der Waals surface area contributed by atoms with Gasteiger partial charge in [-0.1, -0.05) is 25.7 Å². The standard InChI is InChI=1S/C14H22N4O3/c19-12(15-8-5-11-16-10-17-18-11)9-14(13(20)21)6-3-1-2-4-7-14/h10H,1-9H2,(H,15,19)(H,20,21)(H,16,17,18). The zero-order valence-corrected chi connectivity index (χ0v) is 12.1. The summed E-state index contributed by atoms with van der Waals surface area (Å²) < 4.78 is 0. The van der Waals surface area contributed by atoms with Gasteiger partial charge in [0, 0.05) is 19.4 Å². The number of amides is 1. The van der Waals surface area contributed by atoms with Gasteiger partial charge in [0.15, 0.2) is 0 Å². The van der Waals surface area contributed by atoms with Crippen LogP contribution in [-0.4, -0.2) is 38.7 Å². The van der Waals surface area contributed by atoms with E-state index in [1.54, 1.807) is 0 Å². The molecule has 1 aliphatic rings. The summed E-state index contributed by atoms with van der Waals surface area (Å²) in [6, 6.07) is 0. The lowest BCUT2D eigenvalue weighted by atomic mass is 9.77. The van der Waals surface area contributed by atoms with Crippen LogP contribution < -0.4 is 5.32 Å². The number of carbonyl (C=O) groups is 2. The van der Waals surface area contributed by atoms with E-state index in [9.17, 15) is 14.7 Å². The highest BCUT2D eigenvalue weighted by Crippen LogP contribution is 2.38. The molecule has 0 unspecified atom stereocenters. The highest BCUT2D eigenvalue weighted by Gasteiger charge is 2.40. The first kappa shape index (κ1) is 15.5. The van der Waals surface area contributed by atoms with Crippen molar-refractivity contribution in [3.05, 3.63) is 12.2 Å². The Balaban J connectivity index is 1.84. The van der Waals surface area contributed by atoms with Crippen LogP contribution in [-0.2, 0) is 16.0 Å². The number of aromatic nitrogens is 3. The summed E-state index contributed by atoms with van der Waals surface area (Å²) >= 11 is 0. The lowest BCUT2D eigenvalue weighted by Crippen LogP contribution is -2.38. The molecule has 1 aromatic rings. The molecule has 7 nitrogen and oxygen atoms in total. The Morgan fingerprint density at radius 3 is 2.57 bits per heavy atom. The first-order valence-electron chi connectivity index (χ1n) is 7.47. The molecule has 0 saturated heterocycles. The summed E-state index contributed by atoms with van der Waals surface area (Å²) in [4.78, 5) is 27.6. The lowest BCUT2D eigenvalue weighted by Gasteiger charge is -2.27. The minimum atomic E-state index is -0.882. The van der Waals surface area contributed by atoms with Crippen molar-refractivity contribution in [3.8, 4) is 0 Å². The van der Waals surface area contributed by atoms with Crippen molar-refractivity contribution in [3.63, 3.8) is 0 Å². The second-order valence-corrected chi connectivity index (χ2v) is 5.71. The zero-order chi connectivity index (χ0) is 15.1. The van der Waals surface area contributed by atoms with E-state index in [1.165, 1.54) is 6.33 Å². The van der Waals surface area contributed by atoms with Crippen LogP contribution in [0.1, 0.15) is 50.8 Å². The lowest BCUT2D eigenvalue weighted by molar-refractivity contribution is -0.152. The number of carboxylic acid groups (broad SMARTS) is 1. The Morgan fingerprint density at radius 2 is 2.00 bits per heavy atom. The van der Waals surface area contributed by atoms with Gasteiger partial charge in [-0.25, -0.2) is 4.98 Å². The second-order valence-electron chi connectivity index (χ2n) is 5.71. The van der Waals surface area contributed by atoms with Crippen LogP contribution in [0, 0.1) is 5.41 Å². The van der Waals surface area contributed by atoms with E-state index >= 15 is 0 Å². The third-order valence-electron chi connectivity index (χ3n) is 4.16. The molecule has 116 valence electrons. The predicted molar refractivity (Wildman–Crippen MR) is 75.5 cm³/mol. The monoisotopic (exact) mass is 294 g/mol. The molecule has 2 rings (SSSR count). The number of nitrogens with one attached hydrogen (secondary N) is 2. The number of hydrogen-bond acceptors (Lipinski definition) is 4. The summed E-state index contributed by atoms with van der Waals surface area (Å²) in [6.45, 7) is 0.434. The van der Waals surface area contributed by atoms with Gasteiger partial charge in [0.25, 0.3) is 0 Å². The maximum Gasteiger partial charge on any atom is 0.310 e. The highest BCUT2D eigenvalue weighted by molar-refractivity contribution is 5.85. The van der Waals surface area contributed by atoms with Gasteiger partial charge in [-0.05, 0) is 12.8 Å². The SMILES string of the molecule is O=C(CC1(C(=O)O)CCCCCC1)NCCc1ncn[nH]1. The van der Waals surface area contributed by atoms with Gasteiger partial charge < -0.3 is 10.4 Å². The van der Waals surface area contributed by atoms with E-state index in [4.69, 9.17) is 0 Å². The normalized spacial score (nSPS) is 17.9. The molecular formula is C14H22N4O3. The molecule has 1 aliphatic carbocycles. The van der Waals surface area contributed by atoms with Gasteiger partial charge in [-0.2, -0.15) is 5.10 Å². The predicted octanol–water partition coefficient (Wildman–Crippen LogP) is 1.28. The quantitative estimate of drug-likeness (QED) is 0.685. The third-order valence-corrected chi connectivity index (χ3v) is 4.16.